The summed E-state index contributed by atoms with van der Waals surface area (Å²) in [7, 11) is 0. The van der Waals surface area contributed by atoms with E-state index in [4.69, 9.17) is 23.2 Å². The molecule has 0 saturated carbocycles. The van der Waals surface area contributed by atoms with Crippen LogP contribution in [0.25, 0.3) is 11.1 Å². The Morgan fingerprint density at radius 1 is 1.00 bits per heavy atom. The summed E-state index contributed by atoms with van der Waals surface area (Å²) < 4.78 is 39.5. The zero-order valence-electron chi connectivity index (χ0n) is 11.3. The molecular formula is C16H13Cl2F3. The summed E-state index contributed by atoms with van der Waals surface area (Å²) in [6.07, 6.45) is -3.33. The van der Waals surface area contributed by atoms with Crippen LogP contribution in [0, 0.1) is 0 Å². The Kier molecular flexibility index (Phi) is 4.84. The van der Waals surface area contributed by atoms with Gasteiger partial charge in [-0.3, -0.25) is 0 Å². The first kappa shape index (κ1) is 16.2. The topological polar surface area (TPSA) is 0 Å². The van der Waals surface area contributed by atoms with E-state index in [0.29, 0.717) is 39.6 Å². The van der Waals surface area contributed by atoms with Crippen LogP contribution in [0.5, 0.6) is 0 Å². The van der Waals surface area contributed by atoms with Gasteiger partial charge < -0.3 is 0 Å². The molecule has 2 rings (SSSR count). The lowest BCUT2D eigenvalue weighted by Crippen LogP contribution is -2.09. The predicted molar refractivity (Wildman–Crippen MR) is 80.9 cm³/mol. The molecule has 0 fully saturated rings. The van der Waals surface area contributed by atoms with Crippen LogP contribution in [-0.2, 0) is 12.6 Å². The molecule has 0 aliphatic heterocycles. The van der Waals surface area contributed by atoms with Crippen LogP contribution in [-0.4, -0.2) is 0 Å². The Hall–Kier alpha value is -1.19. The minimum absolute atomic E-state index is 0.304. The van der Waals surface area contributed by atoms with Crippen molar-refractivity contribution in [1.82, 2.24) is 0 Å². The van der Waals surface area contributed by atoms with Crippen LogP contribution in [0.4, 0.5) is 13.2 Å². The molecule has 0 heterocycles. The molecule has 5 heteroatoms. The van der Waals surface area contributed by atoms with Crippen molar-refractivity contribution in [3.05, 3.63) is 57.6 Å². The molecule has 0 radical (unpaired) electrons. The van der Waals surface area contributed by atoms with E-state index in [1.165, 1.54) is 12.1 Å². The second-order valence-electron chi connectivity index (χ2n) is 4.74. The highest BCUT2D eigenvalue weighted by Gasteiger charge is 2.33. The molecule has 0 aliphatic carbocycles. The molecule has 0 nitrogen and oxygen atoms in total. The maximum absolute atomic E-state index is 13.2. The summed E-state index contributed by atoms with van der Waals surface area (Å²) in [5.41, 5.74) is 0.671. The van der Waals surface area contributed by atoms with Crippen molar-refractivity contribution in [1.29, 1.82) is 0 Å². The molecule has 0 atom stereocenters. The number of benzene rings is 2. The van der Waals surface area contributed by atoms with E-state index in [-0.39, 0.29) is 0 Å². The fourth-order valence-electron chi connectivity index (χ4n) is 2.22. The Labute approximate surface area is 131 Å². The van der Waals surface area contributed by atoms with Gasteiger partial charge in [0.2, 0.25) is 0 Å². The first-order valence-corrected chi connectivity index (χ1v) is 7.24. The van der Waals surface area contributed by atoms with Crippen LogP contribution in [0.3, 0.4) is 0 Å². The Balaban J connectivity index is 2.56. The van der Waals surface area contributed by atoms with Crippen LogP contribution < -0.4 is 0 Å². The molecule has 0 amide bonds. The first-order valence-electron chi connectivity index (χ1n) is 6.48. The fourth-order valence-corrected chi connectivity index (χ4v) is 2.74. The van der Waals surface area contributed by atoms with Gasteiger partial charge >= 0.3 is 6.18 Å². The maximum Gasteiger partial charge on any atom is 0.416 e. The zero-order valence-corrected chi connectivity index (χ0v) is 12.8. The number of hydrogen-bond donors (Lipinski definition) is 0. The number of rotatable bonds is 3. The molecule has 0 saturated heterocycles. The standard InChI is InChI=1S/C16H13Cl2F3/c1-2-3-10-4-5-11(8-14(10)16(19,20)21)13-7-6-12(17)9-15(13)18/h4-9H,2-3H2,1H3. The van der Waals surface area contributed by atoms with Crippen LogP contribution in [0.1, 0.15) is 24.5 Å². The van der Waals surface area contributed by atoms with Gasteiger partial charge in [-0.05, 0) is 35.7 Å². The summed E-state index contributed by atoms with van der Waals surface area (Å²) >= 11 is 11.9. The Bertz CT molecular complexity index is 648. The molecule has 0 N–H and O–H groups in total. The van der Waals surface area contributed by atoms with Gasteiger partial charge in [-0.2, -0.15) is 13.2 Å². The van der Waals surface area contributed by atoms with E-state index < -0.39 is 11.7 Å². The molecule has 0 aromatic heterocycles. The molecule has 0 bridgehead atoms. The van der Waals surface area contributed by atoms with E-state index in [1.54, 1.807) is 18.2 Å². The predicted octanol–water partition coefficient (Wildman–Crippen LogP) is 6.63. The van der Waals surface area contributed by atoms with Gasteiger partial charge in [-0.25, -0.2) is 0 Å². The second-order valence-corrected chi connectivity index (χ2v) is 5.59. The quantitative estimate of drug-likeness (QED) is 0.591. The lowest BCUT2D eigenvalue weighted by Gasteiger charge is -2.15. The van der Waals surface area contributed by atoms with E-state index in [9.17, 15) is 13.2 Å². The van der Waals surface area contributed by atoms with Gasteiger partial charge in [-0.1, -0.05) is 54.7 Å². The minimum Gasteiger partial charge on any atom is -0.166 e. The van der Waals surface area contributed by atoms with E-state index >= 15 is 0 Å². The SMILES string of the molecule is CCCc1ccc(-c2ccc(Cl)cc2Cl)cc1C(F)(F)F. The number of aryl methyl sites for hydroxylation is 1. The average molecular weight is 333 g/mol. The normalized spacial score (nSPS) is 11.7. The van der Waals surface area contributed by atoms with Crippen molar-refractivity contribution >= 4 is 23.2 Å². The van der Waals surface area contributed by atoms with Crippen molar-refractivity contribution < 1.29 is 13.2 Å². The summed E-state index contributed by atoms with van der Waals surface area (Å²) in [5, 5.41) is 0.779. The number of hydrogen-bond acceptors (Lipinski definition) is 0. The Morgan fingerprint density at radius 2 is 1.71 bits per heavy atom. The van der Waals surface area contributed by atoms with Crippen LogP contribution >= 0.6 is 23.2 Å². The largest absolute Gasteiger partial charge is 0.416 e. The molecule has 2 aromatic rings. The van der Waals surface area contributed by atoms with Crippen LogP contribution in [0.15, 0.2) is 36.4 Å². The third-order valence-electron chi connectivity index (χ3n) is 3.18. The summed E-state index contributed by atoms with van der Waals surface area (Å²) in [6, 6.07) is 9.09. The fraction of sp³-hybridized carbons (Fsp3) is 0.250. The number of alkyl halides is 3. The van der Waals surface area contributed by atoms with Crippen molar-refractivity contribution in [2.45, 2.75) is 25.9 Å². The van der Waals surface area contributed by atoms with Gasteiger partial charge in [0.1, 0.15) is 0 Å². The third-order valence-corrected chi connectivity index (χ3v) is 3.72. The Morgan fingerprint density at radius 3 is 2.29 bits per heavy atom. The molecule has 0 aliphatic rings. The lowest BCUT2D eigenvalue weighted by molar-refractivity contribution is -0.138. The highest BCUT2D eigenvalue weighted by molar-refractivity contribution is 6.36. The third kappa shape index (κ3) is 3.72. The van der Waals surface area contributed by atoms with Gasteiger partial charge in [0.15, 0.2) is 0 Å². The molecule has 2 aromatic carbocycles. The summed E-state index contributed by atoms with van der Waals surface area (Å²) in [5.74, 6) is 0. The highest BCUT2D eigenvalue weighted by Crippen LogP contribution is 2.37. The van der Waals surface area contributed by atoms with Gasteiger partial charge in [0, 0.05) is 15.6 Å². The second kappa shape index (κ2) is 6.29. The zero-order chi connectivity index (χ0) is 15.6. The van der Waals surface area contributed by atoms with E-state index in [2.05, 4.69) is 0 Å². The molecule has 0 unspecified atom stereocenters. The summed E-state index contributed by atoms with van der Waals surface area (Å²) in [4.78, 5) is 0. The average Bonchev–Trinajstić information content (AvgIpc) is 2.38. The molecule has 21 heavy (non-hydrogen) atoms. The van der Waals surface area contributed by atoms with Gasteiger partial charge in [-0.15, -0.1) is 0 Å². The van der Waals surface area contributed by atoms with Crippen molar-refractivity contribution in [3.8, 4) is 11.1 Å². The maximum atomic E-state index is 13.2. The van der Waals surface area contributed by atoms with Gasteiger partial charge in [0.05, 0.1) is 5.56 Å². The first-order chi connectivity index (χ1) is 9.82. The summed E-state index contributed by atoms with van der Waals surface area (Å²) in [6.45, 7) is 1.85. The van der Waals surface area contributed by atoms with Crippen molar-refractivity contribution in [2.75, 3.05) is 0 Å². The van der Waals surface area contributed by atoms with Crippen LogP contribution in [0.2, 0.25) is 10.0 Å². The minimum atomic E-state index is -4.38. The van der Waals surface area contributed by atoms with Crippen molar-refractivity contribution in [2.24, 2.45) is 0 Å². The highest BCUT2D eigenvalue weighted by atomic mass is 35.5. The molecule has 112 valence electrons. The number of halogens is 5. The molecular weight excluding hydrogens is 320 g/mol. The van der Waals surface area contributed by atoms with E-state index in [0.717, 1.165) is 6.07 Å². The van der Waals surface area contributed by atoms with Gasteiger partial charge in [0.25, 0.3) is 0 Å². The van der Waals surface area contributed by atoms with Crippen molar-refractivity contribution in [3.63, 3.8) is 0 Å². The molecule has 0 spiro atoms. The van der Waals surface area contributed by atoms with E-state index in [1.807, 2.05) is 6.92 Å². The smallest absolute Gasteiger partial charge is 0.166 e. The monoisotopic (exact) mass is 332 g/mol. The lowest BCUT2D eigenvalue weighted by atomic mass is 9.96.